The molecule has 3 saturated carbocycles. The Morgan fingerprint density at radius 2 is 1.52 bits per heavy atom. The zero-order chi connectivity index (χ0) is 15.0. The van der Waals surface area contributed by atoms with Gasteiger partial charge >= 0.3 is 0 Å². The van der Waals surface area contributed by atoms with E-state index in [4.69, 9.17) is 21.1 Å². The molecule has 4 bridgehead atoms. The van der Waals surface area contributed by atoms with Gasteiger partial charge in [0.1, 0.15) is 4.71 Å². The van der Waals surface area contributed by atoms with Crippen molar-refractivity contribution in [2.75, 3.05) is 19.0 Å². The van der Waals surface area contributed by atoms with E-state index in [2.05, 4.69) is 31.9 Å². The van der Waals surface area contributed by atoms with E-state index in [9.17, 15) is 8.42 Å². The fourth-order valence-corrected chi connectivity index (χ4v) is 9.84. The van der Waals surface area contributed by atoms with Gasteiger partial charge in [-0.1, -0.05) is 31.9 Å². The molecule has 7 atom stereocenters. The molecule has 0 aromatic rings. The van der Waals surface area contributed by atoms with Crippen molar-refractivity contribution in [3.05, 3.63) is 0 Å². The molecule has 6 aliphatic rings. The third-order valence-corrected chi connectivity index (χ3v) is 10.7. The van der Waals surface area contributed by atoms with Crippen LogP contribution < -0.4 is 0 Å². The van der Waals surface area contributed by atoms with Crippen molar-refractivity contribution >= 4 is 53.3 Å². The van der Waals surface area contributed by atoms with Crippen LogP contribution in [0.15, 0.2) is 0 Å². The highest BCUT2D eigenvalue weighted by Crippen LogP contribution is 2.62. The molecule has 0 N–H and O–H groups in total. The molecule has 1 spiro atoms. The monoisotopic (exact) mass is 462 g/mol. The Bertz CT molecular complexity index is 528. The first kappa shape index (κ1) is 15.6. The molecule has 3 aliphatic carbocycles. The van der Waals surface area contributed by atoms with Crippen LogP contribution in [0.4, 0.5) is 0 Å². The Labute approximate surface area is 146 Å². The minimum absolute atomic E-state index is 0.0535. The lowest BCUT2D eigenvalue weighted by Gasteiger charge is -2.61. The lowest BCUT2D eigenvalue weighted by atomic mass is 9.53. The molecular formula is C13H17Br2ClO4S. The van der Waals surface area contributed by atoms with Gasteiger partial charge in [-0.2, -0.15) is 0 Å². The number of fused-ring (bicyclic) bond motifs is 4. The fourth-order valence-electron chi connectivity index (χ4n) is 4.77. The normalized spacial score (nSPS) is 53.8. The van der Waals surface area contributed by atoms with Crippen LogP contribution in [0.5, 0.6) is 0 Å². The lowest BCUT2D eigenvalue weighted by molar-refractivity contribution is -0.182. The van der Waals surface area contributed by atoms with E-state index in [1.807, 2.05) is 0 Å². The lowest BCUT2D eigenvalue weighted by Crippen LogP contribution is -2.65. The maximum absolute atomic E-state index is 12.1. The summed E-state index contributed by atoms with van der Waals surface area (Å²) in [5, 5.41) is 0. The third-order valence-electron chi connectivity index (χ3n) is 5.73. The summed E-state index contributed by atoms with van der Waals surface area (Å²) in [4.78, 5) is 0.107. The molecule has 120 valence electrons. The average molecular weight is 465 g/mol. The van der Waals surface area contributed by atoms with Crippen molar-refractivity contribution in [3.63, 3.8) is 0 Å². The third kappa shape index (κ3) is 2.07. The summed E-state index contributed by atoms with van der Waals surface area (Å²) in [6, 6.07) is 0. The van der Waals surface area contributed by atoms with E-state index in [-0.39, 0.29) is 27.2 Å². The van der Waals surface area contributed by atoms with E-state index >= 15 is 0 Å². The second-order valence-electron chi connectivity index (χ2n) is 6.57. The quantitative estimate of drug-likeness (QED) is 0.517. The van der Waals surface area contributed by atoms with Crippen molar-refractivity contribution in [3.8, 4) is 0 Å². The van der Waals surface area contributed by atoms with Crippen molar-refractivity contribution in [1.82, 2.24) is 0 Å². The van der Waals surface area contributed by atoms with E-state index < -0.39 is 20.3 Å². The Morgan fingerprint density at radius 1 is 1.00 bits per heavy atom. The van der Waals surface area contributed by atoms with E-state index in [0.717, 1.165) is 12.8 Å². The SMILES string of the molecule is O=S1(=O)CC2[C@H]3C[C@@H](Br)C4(OCCO4)[C@H](Br)C[C@@H]2C3C1Cl. The summed E-state index contributed by atoms with van der Waals surface area (Å²) < 4.78 is 35.3. The number of sulfone groups is 1. The van der Waals surface area contributed by atoms with Crippen LogP contribution in [0.1, 0.15) is 12.8 Å². The molecule has 3 unspecified atom stereocenters. The molecule has 0 aromatic carbocycles. The zero-order valence-corrected chi connectivity index (χ0v) is 16.0. The molecule has 0 amide bonds. The predicted octanol–water partition coefficient (Wildman–Crippen LogP) is 2.52. The van der Waals surface area contributed by atoms with E-state index in [1.165, 1.54) is 0 Å². The molecule has 0 aromatic heterocycles. The highest BCUT2D eigenvalue weighted by molar-refractivity contribution is 9.10. The van der Waals surface area contributed by atoms with Crippen LogP contribution in [-0.4, -0.2) is 47.5 Å². The highest BCUT2D eigenvalue weighted by Gasteiger charge is 2.66. The Balaban J connectivity index is 1.65. The molecule has 3 heterocycles. The van der Waals surface area contributed by atoms with Crippen molar-refractivity contribution in [2.24, 2.45) is 23.7 Å². The van der Waals surface area contributed by atoms with Gasteiger partial charge in [0.15, 0.2) is 15.6 Å². The van der Waals surface area contributed by atoms with Gasteiger partial charge in [-0.25, -0.2) is 8.42 Å². The first-order valence-electron chi connectivity index (χ1n) is 7.28. The van der Waals surface area contributed by atoms with Gasteiger partial charge in [-0.3, -0.25) is 0 Å². The number of hydrogen-bond donors (Lipinski definition) is 0. The van der Waals surface area contributed by atoms with Crippen LogP contribution in [-0.2, 0) is 19.3 Å². The largest absolute Gasteiger partial charge is 0.345 e. The Hall–Kier alpha value is 1.12. The van der Waals surface area contributed by atoms with Gasteiger partial charge in [0.2, 0.25) is 0 Å². The molecule has 4 nitrogen and oxygen atoms in total. The molecule has 6 fully saturated rings. The maximum atomic E-state index is 12.1. The summed E-state index contributed by atoms with van der Waals surface area (Å²) in [5.74, 6) is 0.654. The number of hydrogen-bond acceptors (Lipinski definition) is 4. The first-order valence-corrected chi connectivity index (χ1v) is 11.3. The Morgan fingerprint density at radius 3 is 2.00 bits per heavy atom. The van der Waals surface area contributed by atoms with E-state index in [0.29, 0.717) is 25.0 Å². The van der Waals surface area contributed by atoms with Crippen LogP contribution in [0.25, 0.3) is 0 Å². The first-order chi connectivity index (χ1) is 9.87. The van der Waals surface area contributed by atoms with Crippen molar-refractivity contribution < 1.29 is 17.9 Å². The minimum Gasteiger partial charge on any atom is -0.345 e. The summed E-state index contributed by atoms with van der Waals surface area (Å²) in [5.41, 5.74) is 0. The van der Waals surface area contributed by atoms with Gasteiger partial charge in [0.05, 0.1) is 28.6 Å². The second-order valence-corrected chi connectivity index (χ2v) is 11.7. The number of alkyl halides is 3. The molecule has 3 saturated heterocycles. The topological polar surface area (TPSA) is 52.6 Å². The molecular weight excluding hydrogens is 447 g/mol. The second kappa shape index (κ2) is 5.06. The van der Waals surface area contributed by atoms with Crippen molar-refractivity contribution in [1.29, 1.82) is 0 Å². The van der Waals surface area contributed by atoms with Crippen molar-refractivity contribution in [2.45, 2.75) is 33.0 Å². The van der Waals surface area contributed by atoms with Crippen LogP contribution >= 0.6 is 43.5 Å². The van der Waals surface area contributed by atoms with Crippen LogP contribution in [0.3, 0.4) is 0 Å². The molecule has 21 heavy (non-hydrogen) atoms. The van der Waals surface area contributed by atoms with E-state index in [1.54, 1.807) is 0 Å². The Kier molecular flexibility index (Phi) is 3.76. The smallest absolute Gasteiger partial charge is 0.193 e. The molecule has 0 radical (unpaired) electrons. The summed E-state index contributed by atoms with van der Waals surface area (Å²) in [6.45, 7) is 1.22. The number of ether oxygens (including phenoxy) is 2. The summed E-state index contributed by atoms with van der Waals surface area (Å²) >= 11 is 13.8. The molecule has 8 heteroatoms. The molecule has 3 aliphatic heterocycles. The van der Waals surface area contributed by atoms with Gasteiger partial charge in [0.25, 0.3) is 0 Å². The minimum atomic E-state index is -3.12. The maximum Gasteiger partial charge on any atom is 0.193 e. The summed E-state index contributed by atoms with van der Waals surface area (Å²) in [7, 11) is -3.12. The van der Waals surface area contributed by atoms with Gasteiger partial charge in [-0.05, 0) is 36.5 Å². The van der Waals surface area contributed by atoms with Gasteiger partial charge < -0.3 is 9.47 Å². The van der Waals surface area contributed by atoms with Crippen LogP contribution in [0.2, 0.25) is 0 Å². The number of halogens is 3. The highest BCUT2D eigenvalue weighted by atomic mass is 79.9. The fraction of sp³-hybridized carbons (Fsp3) is 1.00. The predicted molar refractivity (Wildman–Crippen MR) is 86.7 cm³/mol. The standard InChI is InChI=1S/C13H17Br2ClO4S/c14-9-3-6-8-5-21(17,18)12(16)11(6)7(8)4-10(15)13(9)19-1-2-20-13/h6-12H,1-5H2/t6-,7+,8?,9-,10-,11?,12?/m1/s1. The number of rotatable bonds is 0. The van der Waals surface area contributed by atoms with Crippen LogP contribution in [0, 0.1) is 23.7 Å². The zero-order valence-electron chi connectivity index (χ0n) is 11.3. The summed E-state index contributed by atoms with van der Waals surface area (Å²) in [6.07, 6.45) is 1.71. The molecule has 6 rings (SSSR count). The van der Waals surface area contributed by atoms with Gasteiger partial charge in [0, 0.05) is 0 Å². The average Bonchev–Trinajstić information content (AvgIpc) is 2.91. The van der Waals surface area contributed by atoms with Gasteiger partial charge in [-0.15, -0.1) is 11.6 Å².